The van der Waals surface area contributed by atoms with E-state index < -0.39 is 10.0 Å². The molecule has 1 aromatic heterocycles. The summed E-state index contributed by atoms with van der Waals surface area (Å²) in [5, 5.41) is 8.05. The third kappa shape index (κ3) is 4.58. The van der Waals surface area contributed by atoms with E-state index in [-0.39, 0.29) is 11.2 Å². The molecule has 1 aromatic rings. The minimum Gasteiger partial charge on any atom is -0.380 e. The van der Waals surface area contributed by atoms with Gasteiger partial charge in [0.05, 0.1) is 25.0 Å². The third-order valence-electron chi connectivity index (χ3n) is 4.79. The topological polar surface area (TPSA) is 80.6 Å². The molecule has 142 valence electrons. The van der Waals surface area contributed by atoms with Crippen LogP contribution in [0.15, 0.2) is 6.33 Å². The van der Waals surface area contributed by atoms with E-state index in [0.717, 1.165) is 25.2 Å². The summed E-state index contributed by atoms with van der Waals surface area (Å²) in [6.45, 7) is 7.75. The van der Waals surface area contributed by atoms with Crippen LogP contribution in [-0.4, -0.2) is 77.5 Å². The molecule has 8 nitrogen and oxygen atoms in total. The van der Waals surface area contributed by atoms with Crippen LogP contribution in [0, 0.1) is 5.92 Å². The van der Waals surface area contributed by atoms with Crippen LogP contribution < -0.4 is 0 Å². The summed E-state index contributed by atoms with van der Waals surface area (Å²) in [5.41, 5.74) is 0. The zero-order valence-corrected chi connectivity index (χ0v) is 16.2. The van der Waals surface area contributed by atoms with Gasteiger partial charge in [-0.05, 0) is 33.7 Å². The molecule has 0 amide bonds. The van der Waals surface area contributed by atoms with Gasteiger partial charge in [0.15, 0.2) is 0 Å². The van der Waals surface area contributed by atoms with Gasteiger partial charge in [-0.2, -0.15) is 4.31 Å². The van der Waals surface area contributed by atoms with Crippen molar-refractivity contribution in [1.29, 1.82) is 0 Å². The number of ether oxygens (including phenoxy) is 1. The van der Waals surface area contributed by atoms with Crippen molar-refractivity contribution in [2.75, 3.05) is 39.9 Å². The van der Waals surface area contributed by atoms with E-state index in [4.69, 9.17) is 4.74 Å². The van der Waals surface area contributed by atoms with Crippen LogP contribution in [0.4, 0.5) is 0 Å². The Morgan fingerprint density at radius 1 is 1.40 bits per heavy atom. The van der Waals surface area contributed by atoms with Crippen molar-refractivity contribution in [2.45, 2.75) is 44.5 Å². The normalized spacial score (nSPS) is 23.3. The predicted octanol–water partition coefficient (Wildman–Crippen LogP) is 0.731. The van der Waals surface area contributed by atoms with E-state index in [0.29, 0.717) is 38.9 Å². The van der Waals surface area contributed by atoms with Crippen LogP contribution in [0.1, 0.15) is 38.6 Å². The van der Waals surface area contributed by atoms with Gasteiger partial charge in [-0.25, -0.2) is 8.42 Å². The average Bonchev–Trinajstić information content (AvgIpc) is 3.33. The fourth-order valence-corrected chi connectivity index (χ4v) is 5.23. The molecule has 25 heavy (non-hydrogen) atoms. The Kier molecular flexibility index (Phi) is 5.77. The lowest BCUT2D eigenvalue weighted by Crippen LogP contribution is -2.40. The van der Waals surface area contributed by atoms with Crippen LogP contribution in [0.5, 0.6) is 0 Å². The molecular formula is C16H29N5O3S. The molecule has 0 aromatic carbocycles. The molecule has 1 saturated carbocycles. The van der Waals surface area contributed by atoms with Gasteiger partial charge in [0.1, 0.15) is 12.2 Å². The lowest BCUT2D eigenvalue weighted by Gasteiger charge is -2.26. The Morgan fingerprint density at radius 3 is 2.84 bits per heavy atom. The average molecular weight is 372 g/mol. The van der Waals surface area contributed by atoms with Crippen molar-refractivity contribution in [3.05, 3.63) is 12.2 Å². The van der Waals surface area contributed by atoms with Crippen molar-refractivity contribution in [3.8, 4) is 0 Å². The van der Waals surface area contributed by atoms with Crippen LogP contribution in [-0.2, 0) is 21.3 Å². The first-order valence-electron chi connectivity index (χ1n) is 9.01. The summed E-state index contributed by atoms with van der Waals surface area (Å²) >= 11 is 0. The Morgan fingerprint density at radius 2 is 2.16 bits per heavy atom. The first-order chi connectivity index (χ1) is 11.9. The van der Waals surface area contributed by atoms with E-state index in [1.807, 2.05) is 7.05 Å². The first-order valence-corrected chi connectivity index (χ1v) is 10.5. The highest BCUT2D eigenvalue weighted by Gasteiger charge is 2.41. The standard InChI is InChI=1S/C16H29N5O3S/c1-13(2)21-12-17-18-16(21)10-19(3)8-14-9-20(6-7-24-11-14)25(22,23)15-4-5-15/h12-15H,4-11H2,1-3H3. The lowest BCUT2D eigenvalue weighted by molar-refractivity contribution is 0.107. The number of hydrogen-bond acceptors (Lipinski definition) is 6. The van der Waals surface area contributed by atoms with Crippen molar-refractivity contribution < 1.29 is 13.2 Å². The van der Waals surface area contributed by atoms with Crippen LogP contribution >= 0.6 is 0 Å². The Bertz CT molecular complexity index is 671. The largest absolute Gasteiger partial charge is 0.380 e. The van der Waals surface area contributed by atoms with Crippen LogP contribution in [0.3, 0.4) is 0 Å². The zero-order valence-electron chi connectivity index (χ0n) is 15.3. The molecule has 3 rings (SSSR count). The number of hydrogen-bond donors (Lipinski definition) is 0. The fraction of sp³-hybridized carbons (Fsp3) is 0.875. The third-order valence-corrected chi connectivity index (χ3v) is 7.16. The minimum absolute atomic E-state index is 0.159. The molecule has 2 fully saturated rings. The summed E-state index contributed by atoms with van der Waals surface area (Å²) in [6, 6.07) is 0.318. The van der Waals surface area contributed by atoms with Gasteiger partial charge in [-0.15, -0.1) is 10.2 Å². The quantitative estimate of drug-likeness (QED) is 0.703. The molecule has 1 atom stereocenters. The highest BCUT2D eigenvalue weighted by molar-refractivity contribution is 7.90. The van der Waals surface area contributed by atoms with Gasteiger partial charge in [0.2, 0.25) is 10.0 Å². The minimum atomic E-state index is -3.14. The summed E-state index contributed by atoms with van der Waals surface area (Å²) in [6.07, 6.45) is 3.36. The van der Waals surface area contributed by atoms with Gasteiger partial charge < -0.3 is 9.30 Å². The molecule has 1 aliphatic carbocycles. The maximum absolute atomic E-state index is 12.5. The van der Waals surface area contributed by atoms with Gasteiger partial charge in [0, 0.05) is 31.6 Å². The molecule has 1 saturated heterocycles. The maximum Gasteiger partial charge on any atom is 0.217 e. The number of rotatable bonds is 7. The van der Waals surface area contributed by atoms with Gasteiger partial charge >= 0.3 is 0 Å². The molecule has 9 heteroatoms. The molecule has 1 aliphatic heterocycles. The summed E-state index contributed by atoms with van der Waals surface area (Å²) in [5.74, 6) is 1.09. The second-order valence-corrected chi connectivity index (χ2v) is 9.70. The monoisotopic (exact) mass is 371 g/mol. The summed E-state index contributed by atoms with van der Waals surface area (Å²) in [4.78, 5) is 2.17. The number of nitrogens with zero attached hydrogens (tertiary/aromatic N) is 5. The summed E-state index contributed by atoms with van der Waals surface area (Å²) < 4.78 is 34.5. The van der Waals surface area contributed by atoms with Gasteiger partial charge in [0.25, 0.3) is 0 Å². The Labute approximate surface area is 150 Å². The highest BCUT2D eigenvalue weighted by Crippen LogP contribution is 2.31. The Balaban J connectivity index is 1.59. The molecular weight excluding hydrogens is 342 g/mol. The second-order valence-electron chi connectivity index (χ2n) is 7.49. The van der Waals surface area contributed by atoms with Crippen molar-refractivity contribution in [1.82, 2.24) is 24.0 Å². The number of sulfonamides is 1. The number of aromatic nitrogens is 3. The predicted molar refractivity (Wildman–Crippen MR) is 94.6 cm³/mol. The van der Waals surface area contributed by atoms with Crippen molar-refractivity contribution in [2.24, 2.45) is 5.92 Å². The highest BCUT2D eigenvalue weighted by atomic mass is 32.2. The first kappa shape index (κ1) is 18.8. The zero-order chi connectivity index (χ0) is 18.0. The van der Waals surface area contributed by atoms with E-state index >= 15 is 0 Å². The molecule has 0 radical (unpaired) electrons. The van der Waals surface area contributed by atoms with Crippen LogP contribution in [0.25, 0.3) is 0 Å². The van der Waals surface area contributed by atoms with E-state index in [1.165, 1.54) is 0 Å². The second kappa shape index (κ2) is 7.69. The Hall–Kier alpha value is -1.03. The smallest absolute Gasteiger partial charge is 0.217 e. The van der Waals surface area contributed by atoms with Crippen molar-refractivity contribution >= 4 is 10.0 Å². The molecule has 2 heterocycles. The SMILES string of the molecule is CC(C)n1cnnc1CN(C)CC1COCCN(S(=O)(=O)C2CC2)C1. The van der Waals surface area contributed by atoms with E-state index in [1.54, 1.807) is 10.6 Å². The molecule has 2 aliphatic rings. The van der Waals surface area contributed by atoms with E-state index in [2.05, 4.69) is 33.5 Å². The maximum atomic E-state index is 12.5. The van der Waals surface area contributed by atoms with Gasteiger partial charge in [-0.3, -0.25) is 4.90 Å². The molecule has 1 unspecified atom stereocenters. The fourth-order valence-electron chi connectivity index (χ4n) is 3.32. The summed E-state index contributed by atoms with van der Waals surface area (Å²) in [7, 11) is -1.11. The van der Waals surface area contributed by atoms with E-state index in [9.17, 15) is 8.42 Å². The van der Waals surface area contributed by atoms with Crippen LogP contribution in [0.2, 0.25) is 0 Å². The lowest BCUT2D eigenvalue weighted by atomic mass is 10.1. The molecule has 0 spiro atoms. The molecule has 0 bridgehead atoms. The molecule has 0 N–H and O–H groups in total. The van der Waals surface area contributed by atoms with Crippen molar-refractivity contribution in [3.63, 3.8) is 0 Å². The van der Waals surface area contributed by atoms with Gasteiger partial charge in [-0.1, -0.05) is 0 Å².